The van der Waals surface area contributed by atoms with E-state index in [1.807, 2.05) is 6.07 Å². The third-order valence-corrected chi connectivity index (χ3v) is 3.63. The molecule has 4 nitrogen and oxygen atoms in total. The molecule has 0 bridgehead atoms. The predicted octanol–water partition coefficient (Wildman–Crippen LogP) is 3.43. The Hall–Kier alpha value is -1.81. The molecule has 1 aromatic carbocycles. The monoisotopic (exact) mass is 275 g/mol. The average molecular weight is 275 g/mol. The quantitative estimate of drug-likeness (QED) is 0.803. The topological polar surface area (TPSA) is 42.7 Å². The number of aryl methyl sites for hydroxylation is 1. The highest BCUT2D eigenvalue weighted by Gasteiger charge is 2.15. The molecule has 0 unspecified atom stereocenters. The van der Waals surface area contributed by atoms with Gasteiger partial charge in [0.15, 0.2) is 0 Å². The maximum Gasteiger partial charge on any atom is 0.250 e. The van der Waals surface area contributed by atoms with Crippen LogP contribution in [0.25, 0.3) is 11.0 Å². The molecule has 0 aliphatic rings. The van der Waals surface area contributed by atoms with Crippen LogP contribution in [0.1, 0.15) is 36.5 Å². The molecule has 0 fully saturated rings. The molecule has 0 atom stereocenters. The molecule has 2 rings (SSSR count). The number of nitrogens with zero attached hydrogens (tertiary/aromatic N) is 1. The van der Waals surface area contributed by atoms with Crippen molar-refractivity contribution in [2.75, 3.05) is 14.2 Å². The molecule has 0 saturated carbocycles. The summed E-state index contributed by atoms with van der Waals surface area (Å²) in [6.45, 7) is 6.41. The molecule has 2 aromatic rings. The van der Waals surface area contributed by atoms with Gasteiger partial charge in [-0.25, -0.2) is 5.06 Å². The number of rotatable bonds is 4. The van der Waals surface area contributed by atoms with E-state index < -0.39 is 0 Å². The van der Waals surface area contributed by atoms with Crippen molar-refractivity contribution < 1.29 is 14.0 Å². The van der Waals surface area contributed by atoms with Crippen molar-refractivity contribution in [3.05, 3.63) is 35.1 Å². The van der Waals surface area contributed by atoms with E-state index in [0.29, 0.717) is 5.92 Å². The third-order valence-electron chi connectivity index (χ3n) is 3.63. The van der Waals surface area contributed by atoms with Crippen molar-refractivity contribution in [1.29, 1.82) is 0 Å². The van der Waals surface area contributed by atoms with Gasteiger partial charge in [0.2, 0.25) is 5.91 Å². The Morgan fingerprint density at radius 1 is 1.40 bits per heavy atom. The van der Waals surface area contributed by atoms with E-state index in [9.17, 15) is 4.79 Å². The molecule has 0 aliphatic carbocycles. The van der Waals surface area contributed by atoms with Crippen LogP contribution in [0.2, 0.25) is 0 Å². The molecule has 20 heavy (non-hydrogen) atoms. The van der Waals surface area contributed by atoms with Crippen molar-refractivity contribution >= 4 is 16.9 Å². The molecule has 1 aromatic heterocycles. The van der Waals surface area contributed by atoms with Crippen LogP contribution in [0, 0.1) is 6.92 Å². The van der Waals surface area contributed by atoms with E-state index >= 15 is 0 Å². The van der Waals surface area contributed by atoms with Crippen molar-refractivity contribution in [2.45, 2.75) is 33.1 Å². The fraction of sp³-hybridized carbons (Fsp3) is 0.438. The summed E-state index contributed by atoms with van der Waals surface area (Å²) in [6.07, 6.45) is 1.94. The van der Waals surface area contributed by atoms with Crippen LogP contribution < -0.4 is 0 Å². The molecule has 0 radical (unpaired) electrons. The number of likely N-dealkylation sites (N-methyl/N-ethyl adjacent to an activating group) is 1. The molecule has 0 spiro atoms. The predicted molar refractivity (Wildman–Crippen MR) is 78.5 cm³/mol. The highest BCUT2D eigenvalue weighted by molar-refractivity contribution is 5.88. The van der Waals surface area contributed by atoms with Crippen LogP contribution in [0.5, 0.6) is 0 Å². The van der Waals surface area contributed by atoms with Crippen LogP contribution in [0.15, 0.2) is 22.8 Å². The summed E-state index contributed by atoms with van der Waals surface area (Å²) in [5, 5.41) is 2.24. The zero-order valence-corrected chi connectivity index (χ0v) is 12.7. The first-order valence-electron chi connectivity index (χ1n) is 6.75. The van der Waals surface area contributed by atoms with Crippen molar-refractivity contribution in [3.8, 4) is 0 Å². The minimum Gasteiger partial charge on any atom is -0.464 e. The number of amides is 1. The SMILES string of the molecule is CON(C)C(=O)Cc1coc2cc(C)c(C(C)C)cc12. The van der Waals surface area contributed by atoms with E-state index in [1.165, 1.54) is 23.3 Å². The van der Waals surface area contributed by atoms with E-state index in [4.69, 9.17) is 9.25 Å². The maximum atomic E-state index is 11.9. The fourth-order valence-electron chi connectivity index (χ4n) is 2.38. The Balaban J connectivity index is 2.40. The second kappa shape index (κ2) is 5.67. The number of carbonyl (C=O) groups excluding carboxylic acids is 1. The van der Waals surface area contributed by atoms with Gasteiger partial charge in [0, 0.05) is 18.0 Å². The molecular weight excluding hydrogens is 254 g/mol. The number of carbonyl (C=O) groups is 1. The maximum absolute atomic E-state index is 11.9. The van der Waals surface area contributed by atoms with Gasteiger partial charge >= 0.3 is 0 Å². The van der Waals surface area contributed by atoms with Crippen LogP contribution >= 0.6 is 0 Å². The Bertz CT molecular complexity index is 628. The molecule has 0 saturated heterocycles. The van der Waals surface area contributed by atoms with Crippen molar-refractivity contribution in [3.63, 3.8) is 0 Å². The summed E-state index contributed by atoms with van der Waals surface area (Å²) < 4.78 is 5.57. The lowest BCUT2D eigenvalue weighted by atomic mass is 9.95. The smallest absolute Gasteiger partial charge is 0.250 e. The minimum absolute atomic E-state index is 0.0955. The molecular formula is C16H21NO3. The largest absolute Gasteiger partial charge is 0.464 e. The summed E-state index contributed by atoms with van der Waals surface area (Å²) in [7, 11) is 3.08. The minimum atomic E-state index is -0.0955. The number of furan rings is 1. The van der Waals surface area contributed by atoms with Crippen LogP contribution in [-0.4, -0.2) is 25.1 Å². The summed E-state index contributed by atoms with van der Waals surface area (Å²) in [5.41, 5.74) is 4.23. The van der Waals surface area contributed by atoms with Gasteiger partial charge in [-0.3, -0.25) is 9.63 Å². The lowest BCUT2D eigenvalue weighted by molar-refractivity contribution is -0.167. The van der Waals surface area contributed by atoms with E-state index in [-0.39, 0.29) is 12.3 Å². The molecule has 108 valence electrons. The lowest BCUT2D eigenvalue weighted by Crippen LogP contribution is -2.26. The van der Waals surface area contributed by atoms with Gasteiger partial charge in [-0.15, -0.1) is 0 Å². The van der Waals surface area contributed by atoms with Gasteiger partial charge in [0.25, 0.3) is 0 Å². The van der Waals surface area contributed by atoms with Crippen LogP contribution in [0.3, 0.4) is 0 Å². The van der Waals surface area contributed by atoms with Gasteiger partial charge in [0.05, 0.1) is 19.8 Å². The van der Waals surface area contributed by atoms with E-state index in [0.717, 1.165) is 16.5 Å². The van der Waals surface area contributed by atoms with Crippen molar-refractivity contribution in [1.82, 2.24) is 5.06 Å². The van der Waals surface area contributed by atoms with Gasteiger partial charge in [-0.1, -0.05) is 13.8 Å². The van der Waals surface area contributed by atoms with Crippen molar-refractivity contribution in [2.24, 2.45) is 0 Å². The Kier molecular flexibility index (Phi) is 4.14. The lowest BCUT2D eigenvalue weighted by Gasteiger charge is -2.13. The van der Waals surface area contributed by atoms with E-state index in [2.05, 4.69) is 26.8 Å². The van der Waals surface area contributed by atoms with Crippen LogP contribution in [-0.2, 0) is 16.1 Å². The molecule has 1 heterocycles. The zero-order valence-electron chi connectivity index (χ0n) is 12.7. The van der Waals surface area contributed by atoms with Gasteiger partial charge < -0.3 is 4.42 Å². The first-order valence-corrected chi connectivity index (χ1v) is 6.75. The first kappa shape index (κ1) is 14.6. The molecule has 0 aliphatic heterocycles. The van der Waals surface area contributed by atoms with E-state index in [1.54, 1.807) is 13.3 Å². The Morgan fingerprint density at radius 2 is 2.10 bits per heavy atom. The number of fused-ring (bicyclic) bond motifs is 1. The van der Waals surface area contributed by atoms with Gasteiger partial charge in [-0.2, -0.15) is 0 Å². The Labute approximate surface area is 119 Å². The second-order valence-electron chi connectivity index (χ2n) is 5.37. The zero-order chi connectivity index (χ0) is 14.9. The highest BCUT2D eigenvalue weighted by atomic mass is 16.7. The number of hydrogen-bond donors (Lipinski definition) is 0. The van der Waals surface area contributed by atoms with Crippen LogP contribution in [0.4, 0.5) is 0 Å². The number of benzene rings is 1. The van der Waals surface area contributed by atoms with Gasteiger partial charge in [-0.05, 0) is 36.1 Å². The number of hydrogen-bond acceptors (Lipinski definition) is 3. The summed E-state index contributed by atoms with van der Waals surface area (Å²) >= 11 is 0. The Morgan fingerprint density at radius 3 is 2.70 bits per heavy atom. The summed E-state index contributed by atoms with van der Waals surface area (Å²) in [4.78, 5) is 16.8. The molecule has 0 N–H and O–H groups in total. The summed E-state index contributed by atoms with van der Waals surface area (Å²) in [5.74, 6) is 0.348. The van der Waals surface area contributed by atoms with Gasteiger partial charge in [0.1, 0.15) is 5.58 Å². The molecule has 4 heteroatoms. The highest BCUT2D eigenvalue weighted by Crippen LogP contribution is 2.29. The third kappa shape index (κ3) is 2.70. The average Bonchev–Trinajstić information content (AvgIpc) is 2.78. The first-order chi connectivity index (χ1) is 9.43. The molecule has 1 amide bonds. The normalized spacial score (nSPS) is 11.3. The standard InChI is InChI=1S/C16H21NO3/c1-10(2)13-8-14-12(7-16(18)17(4)19-5)9-20-15(14)6-11(13)3/h6,8-10H,7H2,1-5H3. The summed E-state index contributed by atoms with van der Waals surface area (Å²) in [6, 6.07) is 4.17. The number of hydroxylamine groups is 2. The second-order valence-corrected chi connectivity index (χ2v) is 5.37. The fourth-order valence-corrected chi connectivity index (χ4v) is 2.38.